The molecule has 0 aromatic carbocycles. The van der Waals surface area contributed by atoms with Gasteiger partial charge in [-0.3, -0.25) is 4.79 Å². The summed E-state index contributed by atoms with van der Waals surface area (Å²) in [5, 5.41) is 3.81. The lowest BCUT2D eigenvalue weighted by atomic mass is 9.86. The molecule has 4 rings (SSSR count). The van der Waals surface area contributed by atoms with Crippen LogP contribution < -0.4 is 5.32 Å². The van der Waals surface area contributed by atoms with Crippen molar-refractivity contribution in [2.24, 2.45) is 5.92 Å². The maximum Gasteiger partial charge on any atom is 0.253 e. The van der Waals surface area contributed by atoms with Gasteiger partial charge in [0.25, 0.3) is 5.91 Å². The molecule has 2 aromatic heterocycles. The molecule has 134 valence electrons. The molecule has 25 heavy (non-hydrogen) atoms. The van der Waals surface area contributed by atoms with E-state index in [0.717, 1.165) is 22.7 Å². The zero-order valence-electron chi connectivity index (χ0n) is 14.3. The molecule has 0 saturated carbocycles. The summed E-state index contributed by atoms with van der Waals surface area (Å²) in [5.41, 5.74) is 1.13. The lowest BCUT2D eigenvalue weighted by Gasteiger charge is -2.28. The number of carbonyl (C=O) groups is 1. The van der Waals surface area contributed by atoms with Gasteiger partial charge in [-0.15, -0.1) is 0 Å². The SMILES string of the molecule is CC1OCC2(CCC(CNC(=O)c3c[nH]c4ncc(Br)cc34)O2)C1C. The molecule has 0 aliphatic carbocycles. The Kier molecular flexibility index (Phi) is 4.33. The van der Waals surface area contributed by atoms with Crippen molar-refractivity contribution < 1.29 is 14.3 Å². The highest BCUT2D eigenvalue weighted by atomic mass is 79.9. The second kappa shape index (κ2) is 6.37. The van der Waals surface area contributed by atoms with Crippen molar-refractivity contribution in [1.82, 2.24) is 15.3 Å². The number of aromatic nitrogens is 2. The van der Waals surface area contributed by atoms with Crippen molar-refractivity contribution in [2.45, 2.75) is 44.5 Å². The van der Waals surface area contributed by atoms with Gasteiger partial charge in [0.1, 0.15) is 5.65 Å². The van der Waals surface area contributed by atoms with Crippen molar-refractivity contribution in [3.05, 3.63) is 28.5 Å². The molecule has 2 saturated heterocycles. The van der Waals surface area contributed by atoms with E-state index in [9.17, 15) is 4.79 Å². The topological polar surface area (TPSA) is 76.2 Å². The quantitative estimate of drug-likeness (QED) is 0.819. The largest absolute Gasteiger partial charge is 0.375 e. The summed E-state index contributed by atoms with van der Waals surface area (Å²) in [7, 11) is 0. The van der Waals surface area contributed by atoms with Crippen molar-refractivity contribution in [1.29, 1.82) is 0 Å². The Morgan fingerprint density at radius 1 is 1.52 bits per heavy atom. The maximum absolute atomic E-state index is 12.6. The fourth-order valence-electron chi connectivity index (χ4n) is 3.88. The third-order valence-electron chi connectivity index (χ3n) is 5.65. The maximum atomic E-state index is 12.6. The first-order valence-electron chi connectivity index (χ1n) is 8.69. The van der Waals surface area contributed by atoms with Crippen LogP contribution in [-0.4, -0.2) is 46.8 Å². The predicted molar refractivity (Wildman–Crippen MR) is 97.5 cm³/mol. The number of hydrogen-bond donors (Lipinski definition) is 2. The van der Waals surface area contributed by atoms with Crippen LogP contribution in [0, 0.1) is 5.92 Å². The van der Waals surface area contributed by atoms with E-state index in [2.05, 4.69) is 45.1 Å². The van der Waals surface area contributed by atoms with Gasteiger partial charge in [-0.05, 0) is 41.8 Å². The molecule has 2 fully saturated rings. The monoisotopic (exact) mass is 407 g/mol. The van der Waals surface area contributed by atoms with E-state index < -0.39 is 0 Å². The molecule has 0 bridgehead atoms. The van der Waals surface area contributed by atoms with Crippen molar-refractivity contribution in [3.8, 4) is 0 Å². The number of carbonyl (C=O) groups excluding carboxylic acids is 1. The fraction of sp³-hybridized carbons (Fsp3) is 0.556. The van der Waals surface area contributed by atoms with Gasteiger partial charge in [0.15, 0.2) is 0 Å². The molecule has 1 amide bonds. The van der Waals surface area contributed by atoms with Gasteiger partial charge in [-0.1, -0.05) is 6.92 Å². The van der Waals surface area contributed by atoms with Crippen LogP contribution in [-0.2, 0) is 9.47 Å². The van der Waals surface area contributed by atoms with Crippen molar-refractivity contribution >= 4 is 32.9 Å². The second-order valence-corrected chi connectivity index (χ2v) is 8.03. The van der Waals surface area contributed by atoms with Gasteiger partial charge in [0.05, 0.1) is 30.0 Å². The number of nitrogens with one attached hydrogen (secondary N) is 2. The van der Waals surface area contributed by atoms with E-state index in [0.29, 0.717) is 30.3 Å². The average molecular weight is 408 g/mol. The Morgan fingerprint density at radius 2 is 2.36 bits per heavy atom. The van der Waals surface area contributed by atoms with Crippen molar-refractivity contribution in [3.63, 3.8) is 0 Å². The number of amides is 1. The third-order valence-corrected chi connectivity index (χ3v) is 6.08. The molecule has 2 aliphatic rings. The Morgan fingerprint density at radius 3 is 3.12 bits per heavy atom. The minimum Gasteiger partial charge on any atom is -0.375 e. The molecule has 2 aromatic rings. The number of ether oxygens (including phenoxy) is 2. The smallest absolute Gasteiger partial charge is 0.253 e. The van der Waals surface area contributed by atoms with E-state index in [1.807, 2.05) is 6.07 Å². The van der Waals surface area contributed by atoms with Gasteiger partial charge in [0, 0.05) is 34.7 Å². The zero-order chi connectivity index (χ0) is 17.6. The Balaban J connectivity index is 1.40. The molecule has 0 radical (unpaired) electrons. The third kappa shape index (κ3) is 2.98. The molecular formula is C18H22BrN3O3. The Labute approximate surface area is 154 Å². The second-order valence-electron chi connectivity index (χ2n) is 7.11. The minimum atomic E-state index is -0.176. The van der Waals surface area contributed by atoms with E-state index >= 15 is 0 Å². The first kappa shape index (κ1) is 17.0. The number of H-pyrrole nitrogens is 1. The molecule has 2 aliphatic heterocycles. The fourth-order valence-corrected chi connectivity index (χ4v) is 4.21. The Bertz CT molecular complexity index is 808. The van der Waals surface area contributed by atoms with Crippen molar-refractivity contribution in [2.75, 3.05) is 13.2 Å². The number of hydrogen-bond acceptors (Lipinski definition) is 4. The van der Waals surface area contributed by atoms with Gasteiger partial charge < -0.3 is 19.8 Å². The van der Waals surface area contributed by atoms with E-state index in [1.165, 1.54) is 0 Å². The standard InChI is InChI=1S/C18H22BrN3O3/c1-10-11(2)24-9-18(10)4-3-13(25-18)7-22-17(23)15-8-21-16-14(15)5-12(19)6-20-16/h5-6,8,10-11,13H,3-4,7,9H2,1-2H3,(H,20,21)(H,22,23). The average Bonchev–Trinajstić information content (AvgIpc) is 3.28. The summed E-state index contributed by atoms with van der Waals surface area (Å²) in [4.78, 5) is 19.9. The highest BCUT2D eigenvalue weighted by molar-refractivity contribution is 9.10. The summed E-state index contributed by atoms with van der Waals surface area (Å²) in [6.07, 6.45) is 5.61. The molecular weight excluding hydrogens is 386 g/mol. The molecule has 2 N–H and O–H groups in total. The van der Waals surface area contributed by atoms with E-state index in [-0.39, 0.29) is 23.7 Å². The molecule has 4 atom stereocenters. The van der Waals surface area contributed by atoms with Crippen LogP contribution in [0.15, 0.2) is 22.9 Å². The number of halogens is 1. The first-order chi connectivity index (χ1) is 12.0. The molecule has 4 unspecified atom stereocenters. The lowest BCUT2D eigenvalue weighted by molar-refractivity contribution is -0.0604. The summed E-state index contributed by atoms with van der Waals surface area (Å²) < 4.78 is 12.9. The summed E-state index contributed by atoms with van der Waals surface area (Å²) in [6.45, 7) is 5.45. The van der Waals surface area contributed by atoms with Crippen LogP contribution in [0.25, 0.3) is 11.0 Å². The summed E-state index contributed by atoms with van der Waals surface area (Å²) in [5.74, 6) is 0.269. The number of pyridine rings is 1. The highest BCUT2D eigenvalue weighted by Crippen LogP contribution is 2.43. The van der Waals surface area contributed by atoms with E-state index in [4.69, 9.17) is 9.47 Å². The van der Waals surface area contributed by atoms with Gasteiger partial charge in [-0.2, -0.15) is 0 Å². The highest BCUT2D eigenvalue weighted by Gasteiger charge is 2.51. The van der Waals surface area contributed by atoms with Gasteiger partial charge in [-0.25, -0.2) is 4.98 Å². The summed E-state index contributed by atoms with van der Waals surface area (Å²) in [6, 6.07) is 1.90. The van der Waals surface area contributed by atoms with Crippen LogP contribution in [0.4, 0.5) is 0 Å². The first-order valence-corrected chi connectivity index (χ1v) is 9.48. The predicted octanol–water partition coefficient (Wildman–Crippen LogP) is 3.03. The normalized spacial score (nSPS) is 31.9. The van der Waals surface area contributed by atoms with Crippen LogP contribution in [0.1, 0.15) is 37.0 Å². The number of rotatable bonds is 3. The van der Waals surface area contributed by atoms with Crippen LogP contribution >= 0.6 is 15.9 Å². The number of nitrogens with zero attached hydrogens (tertiary/aromatic N) is 1. The van der Waals surface area contributed by atoms with Gasteiger partial charge >= 0.3 is 0 Å². The molecule has 1 spiro atoms. The van der Waals surface area contributed by atoms with Crippen LogP contribution in [0.2, 0.25) is 0 Å². The minimum absolute atomic E-state index is 0.0374. The van der Waals surface area contributed by atoms with Gasteiger partial charge in [0.2, 0.25) is 0 Å². The van der Waals surface area contributed by atoms with E-state index in [1.54, 1.807) is 12.4 Å². The number of aromatic amines is 1. The summed E-state index contributed by atoms with van der Waals surface area (Å²) >= 11 is 3.40. The zero-order valence-corrected chi connectivity index (χ0v) is 15.9. The molecule has 7 heteroatoms. The van der Waals surface area contributed by atoms with Crippen LogP contribution in [0.5, 0.6) is 0 Å². The molecule has 4 heterocycles. The molecule has 6 nitrogen and oxygen atoms in total. The van der Waals surface area contributed by atoms with Crippen LogP contribution in [0.3, 0.4) is 0 Å². The number of fused-ring (bicyclic) bond motifs is 1. The Hall–Kier alpha value is -1.44. The lowest BCUT2D eigenvalue weighted by Crippen LogP contribution is -2.39.